The van der Waals surface area contributed by atoms with E-state index >= 15 is 0 Å². The molecule has 1 heterocycles. The lowest BCUT2D eigenvalue weighted by Gasteiger charge is -2.27. The first-order valence-electron chi connectivity index (χ1n) is 12.3. The highest BCUT2D eigenvalue weighted by Gasteiger charge is 2.38. The van der Waals surface area contributed by atoms with E-state index < -0.39 is 0 Å². The molecule has 0 aromatic heterocycles. The van der Waals surface area contributed by atoms with E-state index in [1.54, 1.807) is 26.2 Å². The van der Waals surface area contributed by atoms with Crippen molar-refractivity contribution in [1.29, 1.82) is 0 Å². The molecule has 8 nitrogen and oxygen atoms in total. The van der Waals surface area contributed by atoms with E-state index in [1.165, 1.54) is 16.1 Å². The molecule has 1 fully saturated rings. The zero-order chi connectivity index (χ0) is 25.8. The molecule has 0 N–H and O–H groups in total. The maximum Gasteiger partial charge on any atom is 0.262 e. The Kier molecular flexibility index (Phi) is 7.94. The molecule has 1 aliphatic carbocycles. The van der Waals surface area contributed by atoms with Crippen LogP contribution in [0.4, 0.5) is 0 Å². The van der Waals surface area contributed by atoms with Gasteiger partial charge in [-0.25, -0.2) is 5.01 Å². The quantitative estimate of drug-likeness (QED) is 0.502. The number of amides is 2. The van der Waals surface area contributed by atoms with Crippen molar-refractivity contribution < 1.29 is 23.8 Å². The minimum Gasteiger partial charge on any atom is -0.493 e. The Labute approximate surface area is 212 Å². The van der Waals surface area contributed by atoms with Crippen molar-refractivity contribution in [2.24, 2.45) is 11.0 Å². The number of ether oxygens (including phenoxy) is 3. The number of hydrogen-bond donors (Lipinski definition) is 0. The number of methoxy groups -OCH3 is 3. The number of hydrogen-bond acceptors (Lipinski definition) is 6. The summed E-state index contributed by atoms with van der Waals surface area (Å²) in [6.45, 7) is 4.86. The Balaban J connectivity index is 1.66. The molecule has 4 rings (SSSR count). The largest absolute Gasteiger partial charge is 0.493 e. The lowest BCUT2D eigenvalue weighted by Crippen LogP contribution is -2.43. The number of carbonyl (C=O) groups is 2. The SMILES string of the molecule is COCCN(CC(=O)N1N=C(c2ccc(C)c(C)c2)C[C@@H]1c1ccc(OC)c(OC)c1)C(=O)C1CC1. The molecule has 2 aromatic rings. The smallest absolute Gasteiger partial charge is 0.262 e. The van der Waals surface area contributed by atoms with Gasteiger partial charge in [0.2, 0.25) is 5.91 Å². The summed E-state index contributed by atoms with van der Waals surface area (Å²) in [5, 5.41) is 6.33. The molecule has 0 unspecified atom stereocenters. The number of rotatable bonds is 10. The van der Waals surface area contributed by atoms with Crippen LogP contribution in [0.2, 0.25) is 0 Å². The molecular formula is C28H35N3O5. The predicted octanol–water partition coefficient (Wildman–Crippen LogP) is 3.88. The molecule has 0 bridgehead atoms. The van der Waals surface area contributed by atoms with Crippen LogP contribution < -0.4 is 9.47 Å². The highest BCUT2D eigenvalue weighted by molar-refractivity contribution is 6.03. The van der Waals surface area contributed by atoms with E-state index in [1.807, 2.05) is 24.3 Å². The molecule has 2 amide bonds. The molecule has 8 heteroatoms. The summed E-state index contributed by atoms with van der Waals surface area (Å²) in [5.41, 5.74) is 5.09. The van der Waals surface area contributed by atoms with Crippen LogP contribution in [0.3, 0.4) is 0 Å². The second kappa shape index (κ2) is 11.1. The van der Waals surface area contributed by atoms with Gasteiger partial charge < -0.3 is 19.1 Å². The van der Waals surface area contributed by atoms with E-state index in [0.717, 1.165) is 29.7 Å². The zero-order valence-electron chi connectivity index (χ0n) is 21.7. The predicted molar refractivity (Wildman–Crippen MR) is 137 cm³/mol. The third kappa shape index (κ3) is 5.54. The fourth-order valence-corrected chi connectivity index (χ4v) is 4.45. The molecule has 0 radical (unpaired) electrons. The Hall–Kier alpha value is -3.39. The summed E-state index contributed by atoms with van der Waals surface area (Å²) in [6, 6.07) is 11.6. The zero-order valence-corrected chi connectivity index (χ0v) is 21.7. The van der Waals surface area contributed by atoms with Gasteiger partial charge in [0.1, 0.15) is 6.54 Å². The van der Waals surface area contributed by atoms with Gasteiger partial charge in [0.05, 0.1) is 32.6 Å². The third-order valence-corrected chi connectivity index (χ3v) is 6.93. The highest BCUT2D eigenvalue weighted by Crippen LogP contribution is 2.38. The summed E-state index contributed by atoms with van der Waals surface area (Å²) < 4.78 is 16.1. The molecule has 0 saturated heterocycles. The molecule has 1 aliphatic heterocycles. The van der Waals surface area contributed by atoms with Crippen molar-refractivity contribution >= 4 is 17.5 Å². The molecule has 1 atom stereocenters. The second-order valence-electron chi connectivity index (χ2n) is 9.45. The first-order valence-corrected chi connectivity index (χ1v) is 12.3. The first kappa shape index (κ1) is 25.7. The third-order valence-electron chi connectivity index (χ3n) is 6.93. The number of benzene rings is 2. The van der Waals surface area contributed by atoms with Crippen LogP contribution >= 0.6 is 0 Å². The Morgan fingerprint density at radius 2 is 1.75 bits per heavy atom. The van der Waals surface area contributed by atoms with Gasteiger partial charge in [-0.15, -0.1) is 0 Å². The average Bonchev–Trinajstić information content (AvgIpc) is 3.65. The van der Waals surface area contributed by atoms with Gasteiger partial charge in [0, 0.05) is 26.0 Å². The first-order chi connectivity index (χ1) is 17.4. The Bertz CT molecular complexity index is 1160. The van der Waals surface area contributed by atoms with E-state index in [0.29, 0.717) is 31.1 Å². The van der Waals surface area contributed by atoms with Crippen molar-refractivity contribution in [3.63, 3.8) is 0 Å². The van der Waals surface area contributed by atoms with Gasteiger partial charge in [-0.05, 0) is 67.1 Å². The number of aryl methyl sites for hydroxylation is 2. The lowest BCUT2D eigenvalue weighted by atomic mass is 9.96. The topological polar surface area (TPSA) is 80.7 Å². The maximum absolute atomic E-state index is 13.7. The molecule has 2 aliphatic rings. The second-order valence-corrected chi connectivity index (χ2v) is 9.45. The molecule has 1 saturated carbocycles. The molecular weight excluding hydrogens is 458 g/mol. The Morgan fingerprint density at radius 3 is 2.39 bits per heavy atom. The van der Waals surface area contributed by atoms with Crippen molar-refractivity contribution in [3.8, 4) is 11.5 Å². The molecule has 2 aromatic carbocycles. The van der Waals surface area contributed by atoms with Crippen LogP contribution in [-0.2, 0) is 14.3 Å². The normalized spacial score (nSPS) is 17.1. The van der Waals surface area contributed by atoms with Gasteiger partial charge in [-0.2, -0.15) is 5.10 Å². The fraction of sp³-hybridized carbons (Fsp3) is 0.464. The van der Waals surface area contributed by atoms with Gasteiger partial charge >= 0.3 is 0 Å². The van der Waals surface area contributed by atoms with Gasteiger partial charge in [0.15, 0.2) is 11.5 Å². The molecule has 192 valence electrons. The van der Waals surface area contributed by atoms with Gasteiger partial charge in [-0.1, -0.05) is 18.2 Å². The molecule has 36 heavy (non-hydrogen) atoms. The van der Waals surface area contributed by atoms with Crippen molar-refractivity contribution in [1.82, 2.24) is 9.91 Å². The van der Waals surface area contributed by atoms with Crippen molar-refractivity contribution in [3.05, 3.63) is 58.7 Å². The van der Waals surface area contributed by atoms with Gasteiger partial charge in [-0.3, -0.25) is 9.59 Å². The van der Waals surface area contributed by atoms with E-state index in [2.05, 4.69) is 26.0 Å². The standard InChI is InChI=1S/C28H35N3O5/c1-18-6-7-21(14-19(18)2)23-16-24(22-10-11-25(35-4)26(15-22)36-5)31(29-23)27(32)17-30(12-13-34-3)28(33)20-8-9-20/h6-7,10-11,14-15,20,24H,8-9,12-13,16-17H2,1-5H3/t24-/m1/s1. The highest BCUT2D eigenvalue weighted by atomic mass is 16.5. The fourth-order valence-electron chi connectivity index (χ4n) is 4.45. The van der Waals surface area contributed by atoms with E-state index in [4.69, 9.17) is 19.3 Å². The monoisotopic (exact) mass is 493 g/mol. The lowest BCUT2D eigenvalue weighted by molar-refractivity contribution is -0.142. The summed E-state index contributed by atoms with van der Waals surface area (Å²) in [7, 11) is 4.78. The maximum atomic E-state index is 13.7. The van der Waals surface area contributed by atoms with Crippen LogP contribution in [0.25, 0.3) is 0 Å². The van der Waals surface area contributed by atoms with Crippen molar-refractivity contribution in [2.75, 3.05) is 41.0 Å². The van der Waals surface area contributed by atoms with Crippen LogP contribution in [0.1, 0.15) is 47.6 Å². The number of carbonyl (C=O) groups excluding carboxylic acids is 2. The summed E-state index contributed by atoms with van der Waals surface area (Å²) in [5.74, 6) is 1.02. The average molecular weight is 494 g/mol. The van der Waals surface area contributed by atoms with Crippen molar-refractivity contribution in [2.45, 2.75) is 39.2 Å². The Morgan fingerprint density at radius 1 is 1.00 bits per heavy atom. The number of hydrazone groups is 1. The van der Waals surface area contributed by atoms with E-state index in [9.17, 15) is 9.59 Å². The van der Waals surface area contributed by atoms with Crippen LogP contribution in [0, 0.1) is 19.8 Å². The van der Waals surface area contributed by atoms with Crippen LogP contribution in [0.15, 0.2) is 41.5 Å². The summed E-state index contributed by atoms with van der Waals surface area (Å²) in [4.78, 5) is 28.1. The summed E-state index contributed by atoms with van der Waals surface area (Å²) >= 11 is 0. The molecule has 0 spiro atoms. The van der Waals surface area contributed by atoms with E-state index in [-0.39, 0.29) is 30.3 Å². The summed E-state index contributed by atoms with van der Waals surface area (Å²) in [6.07, 6.45) is 2.31. The van der Waals surface area contributed by atoms with Crippen LogP contribution in [0.5, 0.6) is 11.5 Å². The minimum absolute atomic E-state index is 0.0145. The number of nitrogens with zero attached hydrogens (tertiary/aromatic N) is 3. The van der Waals surface area contributed by atoms with Crippen LogP contribution in [-0.4, -0.2) is 68.5 Å². The minimum atomic E-state index is -0.325. The van der Waals surface area contributed by atoms with Gasteiger partial charge in [0.25, 0.3) is 5.91 Å².